The molecule has 3 aliphatic carbocycles. The number of fused-ring (bicyclic) bond motifs is 1. The quantitative estimate of drug-likeness (QED) is 0.648. The fourth-order valence-corrected chi connectivity index (χ4v) is 2.63. The van der Waals surface area contributed by atoms with Crippen LogP contribution in [0.25, 0.3) is 16.7 Å². The van der Waals surface area contributed by atoms with E-state index in [9.17, 15) is 4.39 Å². The lowest BCUT2D eigenvalue weighted by Gasteiger charge is -2.25. The van der Waals surface area contributed by atoms with Crippen molar-refractivity contribution in [3.8, 4) is 11.1 Å². The first-order valence-corrected chi connectivity index (χ1v) is 5.33. The number of benzene rings is 1. The van der Waals surface area contributed by atoms with Gasteiger partial charge in [0.1, 0.15) is 5.82 Å². The van der Waals surface area contributed by atoms with Gasteiger partial charge in [-0.25, -0.2) is 4.39 Å². The van der Waals surface area contributed by atoms with Crippen LogP contribution in [0.15, 0.2) is 29.4 Å². The molecule has 0 heterocycles. The molecular formula is C14H13F. The highest BCUT2D eigenvalue weighted by atomic mass is 19.1. The molecular weight excluding hydrogens is 187 g/mol. The molecule has 0 amide bonds. The zero-order valence-corrected chi connectivity index (χ0v) is 9.19. The molecule has 1 unspecified atom stereocenters. The fourth-order valence-electron chi connectivity index (χ4n) is 2.63. The normalized spacial score (nSPS) is 22.1. The Labute approximate surface area is 89.1 Å². The molecule has 0 saturated heterocycles. The minimum Gasteiger partial charge on any atom is -0.206 e. The van der Waals surface area contributed by atoms with E-state index in [4.69, 9.17) is 0 Å². The van der Waals surface area contributed by atoms with Gasteiger partial charge in [0.05, 0.1) is 0 Å². The van der Waals surface area contributed by atoms with E-state index in [0.29, 0.717) is 5.92 Å². The molecule has 76 valence electrons. The highest BCUT2D eigenvalue weighted by Crippen LogP contribution is 2.49. The van der Waals surface area contributed by atoms with E-state index in [1.54, 1.807) is 6.07 Å². The lowest BCUT2D eigenvalue weighted by atomic mass is 9.80. The Bertz CT molecular complexity index is 533. The van der Waals surface area contributed by atoms with E-state index in [-0.39, 0.29) is 5.82 Å². The standard InChI is InChI=1S/C14H13F/c1-7-4-8(2)13(9(7)3)11-5-10-6-12(15)14(10)11/h4-7H,1-3H3. The van der Waals surface area contributed by atoms with Gasteiger partial charge in [0.2, 0.25) is 0 Å². The third-order valence-corrected chi connectivity index (χ3v) is 3.62. The molecule has 0 aromatic heterocycles. The van der Waals surface area contributed by atoms with E-state index in [2.05, 4.69) is 32.9 Å². The molecule has 15 heavy (non-hydrogen) atoms. The molecule has 0 aromatic carbocycles. The summed E-state index contributed by atoms with van der Waals surface area (Å²) in [5.41, 5.74) is 6.97. The molecule has 0 nitrogen and oxygen atoms in total. The van der Waals surface area contributed by atoms with E-state index in [1.807, 2.05) is 0 Å². The molecule has 0 aromatic rings. The summed E-state index contributed by atoms with van der Waals surface area (Å²) in [5.74, 6) is 0.452. The van der Waals surface area contributed by atoms with Crippen LogP contribution in [0, 0.1) is 11.7 Å². The van der Waals surface area contributed by atoms with Crippen molar-refractivity contribution < 1.29 is 4.39 Å². The van der Waals surface area contributed by atoms with Crippen LogP contribution in [0.2, 0.25) is 0 Å². The SMILES string of the molecule is CC1=CC(C)C(C)=C1c1cc2cc(F)c1-2. The Kier molecular flexibility index (Phi) is 1.54. The summed E-state index contributed by atoms with van der Waals surface area (Å²) in [4.78, 5) is 0. The van der Waals surface area contributed by atoms with Crippen molar-refractivity contribution in [2.24, 2.45) is 5.92 Å². The minimum atomic E-state index is -0.0462. The summed E-state index contributed by atoms with van der Waals surface area (Å²) in [6, 6.07) is 3.69. The van der Waals surface area contributed by atoms with Crippen LogP contribution < -0.4 is 0 Å². The average molecular weight is 200 g/mol. The van der Waals surface area contributed by atoms with Crippen LogP contribution in [0.3, 0.4) is 0 Å². The predicted octanol–water partition coefficient (Wildman–Crippen LogP) is 4.18. The Morgan fingerprint density at radius 3 is 2.40 bits per heavy atom. The number of allylic oxidation sites excluding steroid dienone is 4. The van der Waals surface area contributed by atoms with Gasteiger partial charge in [0.15, 0.2) is 0 Å². The smallest absolute Gasteiger partial charge is 0.132 e. The first-order valence-electron chi connectivity index (χ1n) is 5.33. The van der Waals surface area contributed by atoms with Crippen molar-refractivity contribution in [3.63, 3.8) is 0 Å². The van der Waals surface area contributed by atoms with Crippen LogP contribution in [-0.4, -0.2) is 0 Å². The summed E-state index contributed by atoms with van der Waals surface area (Å²) in [5, 5.41) is 0. The zero-order chi connectivity index (χ0) is 10.7. The average Bonchev–Trinajstić information content (AvgIpc) is 2.36. The van der Waals surface area contributed by atoms with Gasteiger partial charge in [-0.15, -0.1) is 0 Å². The van der Waals surface area contributed by atoms with Gasteiger partial charge in [-0.1, -0.05) is 18.6 Å². The third kappa shape index (κ3) is 0.956. The van der Waals surface area contributed by atoms with Crippen molar-refractivity contribution in [2.45, 2.75) is 20.8 Å². The van der Waals surface area contributed by atoms with Gasteiger partial charge in [-0.3, -0.25) is 0 Å². The maximum absolute atomic E-state index is 13.2. The van der Waals surface area contributed by atoms with Gasteiger partial charge in [0, 0.05) is 5.56 Å². The molecule has 0 fully saturated rings. The summed E-state index contributed by atoms with van der Waals surface area (Å²) in [6.45, 7) is 6.45. The first kappa shape index (κ1) is 8.90. The van der Waals surface area contributed by atoms with Crippen molar-refractivity contribution in [2.75, 3.05) is 0 Å². The maximum Gasteiger partial charge on any atom is 0.132 e. The summed E-state index contributed by atoms with van der Waals surface area (Å²) in [7, 11) is 0. The van der Waals surface area contributed by atoms with E-state index < -0.39 is 0 Å². The molecule has 1 heteroatoms. The Morgan fingerprint density at radius 1 is 1.20 bits per heavy atom. The van der Waals surface area contributed by atoms with Crippen molar-refractivity contribution in [1.82, 2.24) is 0 Å². The molecule has 0 aliphatic heterocycles. The van der Waals surface area contributed by atoms with Crippen molar-refractivity contribution in [3.05, 3.63) is 40.7 Å². The highest BCUT2D eigenvalue weighted by molar-refractivity contribution is 5.98. The first-order chi connectivity index (χ1) is 7.09. The van der Waals surface area contributed by atoms with Gasteiger partial charge in [-0.05, 0) is 54.2 Å². The topological polar surface area (TPSA) is 0 Å². The van der Waals surface area contributed by atoms with Gasteiger partial charge in [0.25, 0.3) is 0 Å². The van der Waals surface area contributed by atoms with E-state index in [0.717, 1.165) is 16.7 Å². The number of hydrogen-bond donors (Lipinski definition) is 0. The lowest BCUT2D eigenvalue weighted by Crippen LogP contribution is -2.05. The lowest BCUT2D eigenvalue weighted by molar-refractivity contribution is 0.620. The Balaban J connectivity index is 2.15. The second-order valence-electron chi connectivity index (χ2n) is 4.58. The van der Waals surface area contributed by atoms with E-state index >= 15 is 0 Å². The molecule has 0 bridgehead atoms. The number of rotatable bonds is 1. The van der Waals surface area contributed by atoms with Crippen LogP contribution in [0.1, 0.15) is 26.3 Å². The molecule has 0 spiro atoms. The largest absolute Gasteiger partial charge is 0.206 e. The van der Waals surface area contributed by atoms with Crippen molar-refractivity contribution >= 4 is 5.57 Å². The van der Waals surface area contributed by atoms with Crippen LogP contribution in [0.4, 0.5) is 4.39 Å². The minimum absolute atomic E-state index is 0.0462. The second-order valence-corrected chi connectivity index (χ2v) is 4.58. The monoisotopic (exact) mass is 200 g/mol. The zero-order valence-electron chi connectivity index (χ0n) is 9.19. The van der Waals surface area contributed by atoms with Crippen molar-refractivity contribution in [1.29, 1.82) is 0 Å². The van der Waals surface area contributed by atoms with Gasteiger partial charge in [-0.2, -0.15) is 0 Å². The van der Waals surface area contributed by atoms with Crippen LogP contribution in [-0.2, 0) is 0 Å². The van der Waals surface area contributed by atoms with Crippen LogP contribution in [0.5, 0.6) is 0 Å². The summed E-state index contributed by atoms with van der Waals surface area (Å²) < 4.78 is 13.2. The van der Waals surface area contributed by atoms with E-state index in [1.165, 1.54) is 16.7 Å². The Morgan fingerprint density at radius 2 is 1.93 bits per heavy atom. The molecule has 1 atom stereocenters. The predicted molar refractivity (Wildman–Crippen MR) is 60.9 cm³/mol. The summed E-state index contributed by atoms with van der Waals surface area (Å²) in [6.07, 6.45) is 2.25. The van der Waals surface area contributed by atoms with Crippen LogP contribution >= 0.6 is 0 Å². The van der Waals surface area contributed by atoms with Gasteiger partial charge < -0.3 is 0 Å². The Hall–Kier alpha value is -1.37. The maximum atomic E-state index is 13.2. The molecule has 3 aliphatic rings. The molecule has 0 saturated carbocycles. The third-order valence-electron chi connectivity index (χ3n) is 3.62. The molecule has 0 N–H and O–H groups in total. The fraction of sp³-hybridized carbons (Fsp3) is 0.286. The summed E-state index contributed by atoms with van der Waals surface area (Å²) >= 11 is 0. The highest BCUT2D eigenvalue weighted by Gasteiger charge is 2.29. The molecule has 0 radical (unpaired) electrons. The number of hydrogen-bond acceptors (Lipinski definition) is 0. The molecule has 3 rings (SSSR count). The van der Waals surface area contributed by atoms with Gasteiger partial charge >= 0.3 is 0 Å². The second kappa shape index (κ2) is 2.60. The number of halogens is 1.